The van der Waals surface area contributed by atoms with Crippen molar-refractivity contribution in [1.29, 1.82) is 0 Å². The van der Waals surface area contributed by atoms with Gasteiger partial charge >= 0.3 is 0 Å². The number of carbonyl (C=O) groups excluding carboxylic acids is 2. The van der Waals surface area contributed by atoms with Crippen LogP contribution in [0, 0.1) is 46.8 Å². The zero-order valence-electron chi connectivity index (χ0n) is 27.0. The van der Waals surface area contributed by atoms with Gasteiger partial charge < -0.3 is 9.47 Å². The fourth-order valence-electron chi connectivity index (χ4n) is 9.99. The van der Waals surface area contributed by atoms with Crippen LogP contribution < -0.4 is 0 Å². The Balaban J connectivity index is 1.02. The first-order chi connectivity index (χ1) is 19.7. The summed E-state index contributed by atoms with van der Waals surface area (Å²) in [6.45, 7) is 7.39. The maximum Gasteiger partial charge on any atom is 0.139 e. The highest BCUT2D eigenvalue weighted by Crippen LogP contribution is 2.49. The third-order valence-corrected chi connectivity index (χ3v) is 13.1. The van der Waals surface area contributed by atoms with E-state index in [-0.39, 0.29) is 23.7 Å². The van der Waals surface area contributed by atoms with E-state index < -0.39 is 0 Å². The van der Waals surface area contributed by atoms with Crippen molar-refractivity contribution in [2.24, 2.45) is 46.8 Å². The largest absolute Gasteiger partial charge is 0.381 e. The highest BCUT2D eigenvalue weighted by molar-refractivity contribution is 5.87. The highest BCUT2D eigenvalue weighted by Gasteiger charge is 2.42. The molecule has 4 nitrogen and oxygen atoms in total. The number of Topliss-reactive ketones (excluding diaryl/α,β-unsaturated/α-hetero) is 2. The normalized spacial score (nSPS) is 41.1. The van der Waals surface area contributed by atoms with Crippen LogP contribution in [0.3, 0.4) is 0 Å². The molecule has 2 atom stereocenters. The van der Waals surface area contributed by atoms with Gasteiger partial charge in [0.05, 0.1) is 18.3 Å². The summed E-state index contributed by atoms with van der Waals surface area (Å²) >= 11 is 0. The lowest BCUT2D eigenvalue weighted by atomic mass is 9.60. The Bertz CT molecular complexity index is 833. The summed E-state index contributed by atoms with van der Waals surface area (Å²) in [5, 5.41) is 0. The number of ketones is 2. The fraction of sp³-hybridized carbons (Fsp3) is 0.946. The van der Waals surface area contributed by atoms with Gasteiger partial charge in [-0.05, 0) is 132 Å². The van der Waals surface area contributed by atoms with Crippen molar-refractivity contribution >= 4 is 11.6 Å². The van der Waals surface area contributed by atoms with Crippen LogP contribution in [0.15, 0.2) is 0 Å². The number of methoxy groups -OCH3 is 1. The van der Waals surface area contributed by atoms with E-state index in [2.05, 4.69) is 20.8 Å². The molecule has 4 heteroatoms. The number of carbonyl (C=O) groups is 2. The predicted molar refractivity (Wildman–Crippen MR) is 166 cm³/mol. The van der Waals surface area contributed by atoms with Crippen molar-refractivity contribution < 1.29 is 19.1 Å². The van der Waals surface area contributed by atoms with Crippen LogP contribution in [0.2, 0.25) is 0 Å². The Kier molecular flexibility index (Phi) is 11.1. The molecule has 0 bridgehead atoms. The minimum absolute atomic E-state index is 0.130. The molecule has 0 aromatic heterocycles. The van der Waals surface area contributed by atoms with Crippen molar-refractivity contribution in [2.75, 3.05) is 7.11 Å². The number of rotatable bonds is 9. The molecule has 5 rings (SSSR count). The second kappa shape index (κ2) is 14.4. The minimum Gasteiger partial charge on any atom is -0.381 e. The highest BCUT2D eigenvalue weighted by atomic mass is 16.5. The lowest BCUT2D eigenvalue weighted by Crippen LogP contribution is -2.40. The molecule has 5 saturated carbocycles. The quantitative estimate of drug-likeness (QED) is 0.277. The third kappa shape index (κ3) is 7.86. The second-order valence-electron chi connectivity index (χ2n) is 15.9. The number of hydrogen-bond acceptors (Lipinski definition) is 4. The third-order valence-electron chi connectivity index (χ3n) is 13.1. The van der Waals surface area contributed by atoms with Gasteiger partial charge in [0.15, 0.2) is 0 Å². The lowest BCUT2D eigenvalue weighted by Gasteiger charge is -2.47. The summed E-state index contributed by atoms with van der Waals surface area (Å²) in [7, 11) is 1.87. The van der Waals surface area contributed by atoms with Crippen LogP contribution in [0.4, 0.5) is 0 Å². The van der Waals surface area contributed by atoms with E-state index in [0.717, 1.165) is 82.0 Å². The molecular weight excluding hydrogens is 508 g/mol. The molecule has 5 aliphatic rings. The van der Waals surface area contributed by atoms with Gasteiger partial charge in [-0.1, -0.05) is 40.0 Å². The first-order valence-electron chi connectivity index (χ1n) is 18.0. The summed E-state index contributed by atoms with van der Waals surface area (Å²) in [5.41, 5.74) is 0.416. The molecule has 5 fully saturated rings. The van der Waals surface area contributed by atoms with Crippen LogP contribution in [-0.2, 0) is 19.1 Å². The molecule has 0 saturated heterocycles. The van der Waals surface area contributed by atoms with Crippen LogP contribution in [0.1, 0.15) is 149 Å². The number of hydrogen-bond donors (Lipinski definition) is 0. The maximum absolute atomic E-state index is 13.6. The summed E-state index contributed by atoms with van der Waals surface area (Å²) in [4.78, 5) is 26.9. The first kappa shape index (κ1) is 31.7. The standard InChI is InChI=1S/C37H62O4/c1-25-8-10-26(11-9-25)35(38)28-6-5-7-29(24-28)36(39)27-12-18-33(19-13-27)41-34-22-16-31(17-23-34)37(2,3)30-14-20-32(40-4)21-15-30/h25-34H,5-24H2,1-4H3. The molecule has 0 aliphatic heterocycles. The molecule has 0 spiro atoms. The van der Waals surface area contributed by atoms with Gasteiger partial charge in [-0.25, -0.2) is 0 Å². The van der Waals surface area contributed by atoms with Gasteiger partial charge in [0.2, 0.25) is 0 Å². The zero-order chi connectivity index (χ0) is 29.0. The maximum atomic E-state index is 13.6. The Morgan fingerprint density at radius 2 is 0.951 bits per heavy atom. The first-order valence-corrected chi connectivity index (χ1v) is 18.0. The molecule has 0 heterocycles. The Labute approximate surface area is 251 Å². The van der Waals surface area contributed by atoms with Crippen molar-refractivity contribution in [2.45, 2.75) is 167 Å². The van der Waals surface area contributed by atoms with Gasteiger partial charge in [0.25, 0.3) is 0 Å². The number of ether oxygens (including phenoxy) is 2. The second-order valence-corrected chi connectivity index (χ2v) is 15.9. The van der Waals surface area contributed by atoms with E-state index in [9.17, 15) is 9.59 Å². The van der Waals surface area contributed by atoms with E-state index in [1.807, 2.05) is 7.11 Å². The molecule has 0 N–H and O–H groups in total. The minimum atomic E-state index is 0.130. The summed E-state index contributed by atoms with van der Waals surface area (Å²) in [6, 6.07) is 0. The van der Waals surface area contributed by atoms with Crippen molar-refractivity contribution in [3.63, 3.8) is 0 Å². The molecule has 2 unspecified atom stereocenters. The molecule has 0 aromatic carbocycles. The smallest absolute Gasteiger partial charge is 0.139 e. The molecule has 0 aromatic rings. The van der Waals surface area contributed by atoms with Crippen molar-refractivity contribution in [3.05, 3.63) is 0 Å². The van der Waals surface area contributed by atoms with Crippen LogP contribution >= 0.6 is 0 Å². The summed E-state index contributed by atoms with van der Waals surface area (Å²) < 4.78 is 12.3. The Morgan fingerprint density at radius 3 is 1.41 bits per heavy atom. The van der Waals surface area contributed by atoms with Gasteiger partial charge in [-0.15, -0.1) is 0 Å². The van der Waals surface area contributed by atoms with Crippen LogP contribution in [0.5, 0.6) is 0 Å². The Morgan fingerprint density at radius 1 is 0.537 bits per heavy atom. The van der Waals surface area contributed by atoms with Crippen LogP contribution in [0.25, 0.3) is 0 Å². The SMILES string of the molecule is COC1CCC(C(C)(C)C2CCC(OC3CCC(C(=O)C4CCCC(C(=O)C5CCC(C)CC5)C4)CC3)CC2)CC1. The summed E-state index contributed by atoms with van der Waals surface area (Å²) in [6.07, 6.45) is 23.9. The van der Waals surface area contributed by atoms with Crippen LogP contribution in [-0.4, -0.2) is 37.0 Å². The van der Waals surface area contributed by atoms with Gasteiger partial charge in [0.1, 0.15) is 11.6 Å². The average molecular weight is 571 g/mol. The van der Waals surface area contributed by atoms with E-state index in [1.54, 1.807) is 0 Å². The molecular formula is C37H62O4. The fourth-order valence-corrected chi connectivity index (χ4v) is 9.99. The topological polar surface area (TPSA) is 52.6 Å². The molecule has 234 valence electrons. The van der Waals surface area contributed by atoms with E-state index in [4.69, 9.17) is 9.47 Å². The average Bonchev–Trinajstić information content (AvgIpc) is 3.01. The molecule has 41 heavy (non-hydrogen) atoms. The molecule has 0 amide bonds. The Hall–Kier alpha value is -0.740. The van der Waals surface area contributed by atoms with Gasteiger partial charge in [-0.3, -0.25) is 9.59 Å². The van der Waals surface area contributed by atoms with E-state index >= 15 is 0 Å². The monoisotopic (exact) mass is 570 g/mol. The zero-order valence-corrected chi connectivity index (χ0v) is 27.0. The lowest BCUT2D eigenvalue weighted by molar-refractivity contribution is -0.134. The van der Waals surface area contributed by atoms with Crippen molar-refractivity contribution in [1.82, 2.24) is 0 Å². The molecule has 0 radical (unpaired) electrons. The predicted octanol–water partition coefficient (Wildman–Crippen LogP) is 9.12. The van der Waals surface area contributed by atoms with E-state index in [0.29, 0.717) is 35.3 Å². The van der Waals surface area contributed by atoms with Gasteiger partial charge in [-0.2, -0.15) is 0 Å². The summed E-state index contributed by atoms with van der Waals surface area (Å²) in [5.74, 6) is 4.16. The molecule has 5 aliphatic carbocycles. The van der Waals surface area contributed by atoms with Crippen molar-refractivity contribution in [3.8, 4) is 0 Å². The van der Waals surface area contributed by atoms with E-state index in [1.165, 1.54) is 64.2 Å². The van der Waals surface area contributed by atoms with Gasteiger partial charge in [0, 0.05) is 30.8 Å².